The van der Waals surface area contributed by atoms with Crippen LogP contribution in [0.4, 0.5) is 0 Å². The molecule has 0 amide bonds. The first-order valence-corrected chi connectivity index (χ1v) is 11.5. The Kier molecular flexibility index (Phi) is 4.81. The summed E-state index contributed by atoms with van der Waals surface area (Å²) in [5.41, 5.74) is 3.47. The predicted octanol–water partition coefficient (Wildman–Crippen LogP) is 4.82. The second-order valence-electron chi connectivity index (χ2n) is 8.07. The summed E-state index contributed by atoms with van der Waals surface area (Å²) < 4.78 is 3.85. The van der Waals surface area contributed by atoms with Crippen molar-refractivity contribution in [2.45, 2.75) is 6.54 Å². The lowest BCUT2D eigenvalue weighted by atomic mass is 10.2. The molecule has 0 unspecified atom stereocenters. The normalized spacial score (nSPS) is 11.9. The first kappa shape index (κ1) is 20.4. The van der Waals surface area contributed by atoms with E-state index < -0.39 is 11.2 Å². The van der Waals surface area contributed by atoms with E-state index in [0.29, 0.717) is 17.6 Å². The van der Waals surface area contributed by atoms with E-state index in [2.05, 4.69) is 47.7 Å². The minimum Gasteiger partial charge on any atom is -0.349 e. The largest absolute Gasteiger partial charge is 0.350 e. The lowest BCUT2D eigenvalue weighted by Gasteiger charge is -2.05. The summed E-state index contributed by atoms with van der Waals surface area (Å²) in [7, 11) is 0. The number of nitrogens with one attached hydrogen (secondary N) is 2. The molecule has 34 heavy (non-hydrogen) atoms. The van der Waals surface area contributed by atoms with E-state index in [-0.39, 0.29) is 0 Å². The summed E-state index contributed by atoms with van der Waals surface area (Å²) in [6.45, 7) is 0.701. The van der Waals surface area contributed by atoms with Crippen molar-refractivity contribution in [1.29, 1.82) is 0 Å². The fourth-order valence-corrected chi connectivity index (χ4v) is 4.69. The van der Waals surface area contributed by atoms with Crippen molar-refractivity contribution < 1.29 is 0 Å². The summed E-state index contributed by atoms with van der Waals surface area (Å²) >= 11 is 3.43. The van der Waals surface area contributed by atoms with Crippen LogP contribution in [0.1, 0.15) is 11.1 Å². The van der Waals surface area contributed by atoms with E-state index in [1.165, 1.54) is 5.56 Å². The molecule has 6 aromatic rings. The third-order valence-corrected chi connectivity index (χ3v) is 6.41. The van der Waals surface area contributed by atoms with Crippen LogP contribution >= 0.6 is 15.9 Å². The van der Waals surface area contributed by atoms with Crippen LogP contribution in [0, 0.1) is 0 Å². The summed E-state index contributed by atoms with van der Waals surface area (Å²) in [5.74, 6) is 0. The van der Waals surface area contributed by atoms with E-state index in [1.807, 2.05) is 66.9 Å². The highest BCUT2D eigenvalue weighted by Gasteiger charge is 2.13. The molecule has 3 aromatic heterocycles. The fraction of sp³-hybridized carbons (Fsp3) is 0.0385. The minimum absolute atomic E-state index is 0.302. The zero-order chi connectivity index (χ0) is 23.2. The van der Waals surface area contributed by atoms with Gasteiger partial charge in [-0.1, -0.05) is 64.5 Å². The summed E-state index contributed by atoms with van der Waals surface area (Å²) in [4.78, 5) is 31.8. The molecule has 166 valence electrons. The van der Waals surface area contributed by atoms with Crippen molar-refractivity contribution in [3.8, 4) is 0 Å². The molecule has 6 rings (SSSR count). The van der Waals surface area contributed by atoms with Crippen LogP contribution < -0.4 is 11.2 Å². The lowest BCUT2D eigenvalue weighted by molar-refractivity contribution is 0.770. The highest BCUT2D eigenvalue weighted by atomic mass is 79.9. The highest BCUT2D eigenvalue weighted by Crippen LogP contribution is 2.24. The third kappa shape index (κ3) is 3.39. The zero-order valence-corrected chi connectivity index (χ0v) is 19.4. The molecule has 0 saturated heterocycles. The monoisotopic (exact) mass is 511 g/mol. The highest BCUT2D eigenvalue weighted by molar-refractivity contribution is 9.10. The van der Waals surface area contributed by atoms with Gasteiger partial charge in [0.25, 0.3) is 0 Å². The molecular weight excluding hydrogens is 494 g/mol. The number of halogens is 1. The van der Waals surface area contributed by atoms with Crippen molar-refractivity contribution in [3.63, 3.8) is 0 Å². The number of aromatic nitrogens is 4. The van der Waals surface area contributed by atoms with Gasteiger partial charge in [0.15, 0.2) is 0 Å². The average Bonchev–Trinajstić information content (AvgIpc) is 3.38. The molecule has 2 N–H and O–H groups in total. The van der Waals surface area contributed by atoms with Gasteiger partial charge in [-0.25, -0.2) is 4.79 Å². The Bertz CT molecular complexity index is 1840. The number of aromatic amines is 2. The molecule has 3 aromatic carbocycles. The van der Waals surface area contributed by atoms with Gasteiger partial charge in [0.1, 0.15) is 5.52 Å². The standard InChI is InChI=1S/C26H18BrN5O2/c27-18-10-11-21-20(12-18)23-24(29-21)25(33)32(26(34)30-23)28-13-17-15-31(14-16-6-2-1-3-7-16)22-9-5-4-8-19(17)22/h1-13,15,29H,14H2,(H,30,34)/b28-13+. The molecular formula is C26H18BrN5O2. The molecule has 0 aliphatic carbocycles. The van der Waals surface area contributed by atoms with E-state index in [4.69, 9.17) is 0 Å². The minimum atomic E-state index is -0.595. The molecule has 0 fully saturated rings. The Hall–Kier alpha value is -4.17. The van der Waals surface area contributed by atoms with Gasteiger partial charge < -0.3 is 14.5 Å². The molecule has 0 atom stereocenters. The van der Waals surface area contributed by atoms with E-state index in [0.717, 1.165) is 36.5 Å². The summed E-state index contributed by atoms with van der Waals surface area (Å²) in [6, 6.07) is 23.8. The van der Waals surface area contributed by atoms with Gasteiger partial charge in [0.05, 0.1) is 11.7 Å². The molecule has 0 spiro atoms. The lowest BCUT2D eigenvalue weighted by Crippen LogP contribution is -2.32. The van der Waals surface area contributed by atoms with Crippen LogP contribution in [0.3, 0.4) is 0 Å². The fourth-order valence-electron chi connectivity index (χ4n) is 4.33. The van der Waals surface area contributed by atoms with Gasteiger partial charge >= 0.3 is 11.2 Å². The van der Waals surface area contributed by atoms with Crippen molar-refractivity contribution in [1.82, 2.24) is 19.2 Å². The second-order valence-corrected chi connectivity index (χ2v) is 8.99. The Morgan fingerprint density at radius 3 is 2.53 bits per heavy atom. The predicted molar refractivity (Wildman–Crippen MR) is 139 cm³/mol. The third-order valence-electron chi connectivity index (χ3n) is 5.92. The van der Waals surface area contributed by atoms with Gasteiger partial charge in [0.2, 0.25) is 0 Å². The van der Waals surface area contributed by atoms with Crippen molar-refractivity contribution in [2.75, 3.05) is 0 Å². The number of para-hydroxylation sites is 1. The van der Waals surface area contributed by atoms with Gasteiger partial charge in [-0.05, 0) is 29.8 Å². The van der Waals surface area contributed by atoms with E-state index >= 15 is 0 Å². The molecule has 8 heteroatoms. The van der Waals surface area contributed by atoms with Gasteiger partial charge in [-0.2, -0.15) is 5.10 Å². The number of nitrogens with zero attached hydrogens (tertiary/aromatic N) is 3. The van der Waals surface area contributed by atoms with Gasteiger partial charge in [-0.3, -0.25) is 4.79 Å². The Morgan fingerprint density at radius 2 is 1.68 bits per heavy atom. The maximum Gasteiger partial charge on any atom is 0.350 e. The molecule has 7 nitrogen and oxygen atoms in total. The number of H-pyrrole nitrogens is 2. The second kappa shape index (κ2) is 8.00. The molecule has 0 radical (unpaired) electrons. The topological polar surface area (TPSA) is 87.9 Å². The van der Waals surface area contributed by atoms with Crippen molar-refractivity contribution in [2.24, 2.45) is 5.10 Å². The Morgan fingerprint density at radius 1 is 0.882 bits per heavy atom. The number of rotatable bonds is 4. The quantitative estimate of drug-likeness (QED) is 0.332. The van der Waals surface area contributed by atoms with Crippen LogP contribution in [0.2, 0.25) is 0 Å². The molecule has 0 aliphatic heterocycles. The zero-order valence-electron chi connectivity index (χ0n) is 17.8. The first-order valence-electron chi connectivity index (χ1n) is 10.7. The average molecular weight is 512 g/mol. The van der Waals surface area contributed by atoms with Crippen LogP contribution in [-0.2, 0) is 6.54 Å². The van der Waals surface area contributed by atoms with E-state index in [1.54, 1.807) is 6.21 Å². The molecule has 0 saturated carbocycles. The maximum atomic E-state index is 13.1. The van der Waals surface area contributed by atoms with Crippen LogP contribution in [0.25, 0.3) is 32.8 Å². The number of hydrogen-bond donors (Lipinski definition) is 2. The Balaban J connectivity index is 1.46. The van der Waals surface area contributed by atoms with Gasteiger partial charge in [-0.15, -0.1) is 4.68 Å². The van der Waals surface area contributed by atoms with Crippen LogP contribution in [-0.4, -0.2) is 25.4 Å². The molecule has 3 heterocycles. The summed E-state index contributed by atoms with van der Waals surface area (Å²) in [6.07, 6.45) is 3.55. The number of benzene rings is 3. The number of hydrogen-bond acceptors (Lipinski definition) is 3. The van der Waals surface area contributed by atoms with E-state index in [9.17, 15) is 9.59 Å². The van der Waals surface area contributed by atoms with Crippen molar-refractivity contribution >= 4 is 55.0 Å². The molecule has 0 bridgehead atoms. The number of fused-ring (bicyclic) bond motifs is 4. The smallest absolute Gasteiger partial charge is 0.349 e. The maximum absolute atomic E-state index is 13.1. The first-order chi connectivity index (χ1) is 16.6. The van der Waals surface area contributed by atoms with Crippen LogP contribution in [0.5, 0.6) is 0 Å². The van der Waals surface area contributed by atoms with Crippen LogP contribution in [0.15, 0.2) is 98.2 Å². The SMILES string of the molecule is O=c1[nH]c2c([nH]c3ccc(Br)cc32)c(=O)n1/N=C/c1cn(Cc2ccccc2)c2ccccc12. The van der Waals surface area contributed by atoms with Gasteiger partial charge in [0, 0.05) is 44.6 Å². The molecule has 0 aliphatic rings. The van der Waals surface area contributed by atoms with Crippen molar-refractivity contribution in [3.05, 3.63) is 115 Å². The summed E-state index contributed by atoms with van der Waals surface area (Å²) in [5, 5.41) is 6.03. The Labute approximate surface area is 201 Å².